The Kier molecular flexibility index (Phi) is 5.84. The lowest BCUT2D eigenvalue weighted by Gasteiger charge is -2.13. The summed E-state index contributed by atoms with van der Waals surface area (Å²) >= 11 is 0.453. The first kappa shape index (κ1) is 19.0. The topological polar surface area (TPSA) is 174 Å². The Hall–Kier alpha value is -2.35. The van der Waals surface area contributed by atoms with Gasteiger partial charge in [0.15, 0.2) is 0 Å². The maximum Gasteiger partial charge on any atom is 0.296 e. The third-order valence-electron chi connectivity index (χ3n) is 2.94. The molecular formula is C13H13N3O7S2. The summed E-state index contributed by atoms with van der Waals surface area (Å²) in [7, 11) is -4.63. The first-order chi connectivity index (χ1) is 11.7. The molecule has 2 rings (SSSR count). The first-order valence-corrected chi connectivity index (χ1v) is 8.63. The van der Waals surface area contributed by atoms with E-state index in [-0.39, 0.29) is 21.8 Å². The normalized spacial score (nSPS) is 11.3. The van der Waals surface area contributed by atoms with Gasteiger partial charge in [-0.25, -0.2) is 5.26 Å². The van der Waals surface area contributed by atoms with Crippen molar-refractivity contribution in [3.8, 4) is 0 Å². The van der Waals surface area contributed by atoms with Crippen LogP contribution >= 0.6 is 12.0 Å². The van der Waals surface area contributed by atoms with E-state index >= 15 is 0 Å². The van der Waals surface area contributed by atoms with E-state index in [2.05, 4.69) is 14.7 Å². The lowest BCUT2D eigenvalue weighted by atomic mass is 10.2. The van der Waals surface area contributed by atoms with Gasteiger partial charge in [0.25, 0.3) is 16.0 Å². The van der Waals surface area contributed by atoms with Crippen molar-refractivity contribution in [3.05, 3.63) is 42.0 Å². The third kappa shape index (κ3) is 4.82. The molecule has 0 saturated heterocycles. The van der Waals surface area contributed by atoms with E-state index in [0.717, 1.165) is 12.1 Å². The highest BCUT2D eigenvalue weighted by molar-refractivity contribution is 7.94. The lowest BCUT2D eigenvalue weighted by Crippen LogP contribution is -2.14. The third-order valence-corrected chi connectivity index (χ3v) is 4.50. The van der Waals surface area contributed by atoms with Crippen LogP contribution in [-0.2, 0) is 19.5 Å². The number of nitrogens with two attached hydrogens (primary N) is 2. The van der Waals surface area contributed by atoms with E-state index in [0.29, 0.717) is 17.7 Å². The zero-order chi connectivity index (χ0) is 18.6. The minimum absolute atomic E-state index is 0.0590. The Morgan fingerprint density at radius 3 is 2.52 bits per heavy atom. The van der Waals surface area contributed by atoms with Crippen LogP contribution in [0.3, 0.4) is 0 Å². The first-order valence-electron chi connectivity index (χ1n) is 6.45. The average Bonchev–Trinajstić information content (AvgIpc) is 2.53. The molecule has 10 nitrogen and oxygen atoms in total. The number of benzene rings is 2. The molecule has 1 amide bonds. The molecule has 0 heterocycles. The highest BCUT2D eigenvalue weighted by Crippen LogP contribution is 2.34. The fourth-order valence-electron chi connectivity index (χ4n) is 1.89. The number of nitrogen functional groups attached to an aromatic ring is 2. The van der Waals surface area contributed by atoms with Gasteiger partial charge in [-0.05, 0) is 30.3 Å². The standard InChI is InChI=1S/C13H13N3O7S2/c14-8-3-1-2-7(4-8)13(17)16-10-6-12(25(19,20)21)9(15)5-11(10)24-23-22-18/h1-6,18H,14-15H2,(H,16,17)(H,19,20,21). The van der Waals surface area contributed by atoms with Gasteiger partial charge < -0.3 is 16.8 Å². The van der Waals surface area contributed by atoms with Crippen LogP contribution in [-0.4, -0.2) is 24.1 Å². The van der Waals surface area contributed by atoms with Crippen molar-refractivity contribution >= 4 is 45.1 Å². The fourth-order valence-corrected chi connectivity index (χ4v) is 2.99. The summed E-state index contributed by atoms with van der Waals surface area (Å²) in [5.74, 6) is -0.606. The summed E-state index contributed by atoms with van der Waals surface area (Å²) in [5.41, 5.74) is 11.4. The maximum atomic E-state index is 12.3. The van der Waals surface area contributed by atoms with Crippen LogP contribution in [0.2, 0.25) is 0 Å². The molecule has 2 aromatic rings. The van der Waals surface area contributed by atoms with Gasteiger partial charge in [0.1, 0.15) is 4.90 Å². The van der Waals surface area contributed by atoms with Gasteiger partial charge in [-0.1, -0.05) is 11.1 Å². The molecule has 0 aliphatic carbocycles. The minimum atomic E-state index is -4.63. The van der Waals surface area contributed by atoms with Crippen molar-refractivity contribution in [3.63, 3.8) is 0 Å². The average molecular weight is 387 g/mol. The predicted octanol–water partition coefficient (Wildman–Crippen LogP) is 1.78. The van der Waals surface area contributed by atoms with Crippen LogP contribution in [0.5, 0.6) is 0 Å². The Labute approximate surface area is 146 Å². The molecule has 0 aromatic heterocycles. The summed E-state index contributed by atoms with van der Waals surface area (Å²) in [5, 5.41) is 14.2. The number of carbonyl (C=O) groups is 1. The van der Waals surface area contributed by atoms with E-state index in [4.69, 9.17) is 16.7 Å². The van der Waals surface area contributed by atoms with E-state index < -0.39 is 20.9 Å². The minimum Gasteiger partial charge on any atom is -0.399 e. The molecule has 2 aromatic carbocycles. The second-order valence-electron chi connectivity index (χ2n) is 4.67. The number of anilines is 3. The molecule has 0 spiro atoms. The smallest absolute Gasteiger partial charge is 0.296 e. The second kappa shape index (κ2) is 7.69. The van der Waals surface area contributed by atoms with E-state index in [1.54, 1.807) is 12.1 Å². The van der Waals surface area contributed by atoms with E-state index in [1.807, 2.05) is 0 Å². The van der Waals surface area contributed by atoms with Crippen molar-refractivity contribution in [2.45, 2.75) is 9.79 Å². The fraction of sp³-hybridized carbons (Fsp3) is 0. The molecule has 12 heteroatoms. The number of amides is 1. The van der Waals surface area contributed by atoms with Gasteiger partial charge in [0, 0.05) is 11.3 Å². The second-order valence-corrected chi connectivity index (χ2v) is 6.80. The number of hydrogen-bond acceptors (Lipinski definition) is 9. The van der Waals surface area contributed by atoms with Crippen molar-refractivity contribution < 1.29 is 32.4 Å². The van der Waals surface area contributed by atoms with Crippen LogP contribution in [0, 0.1) is 0 Å². The molecule has 0 radical (unpaired) electrons. The van der Waals surface area contributed by atoms with Gasteiger partial charge in [-0.15, -0.1) is 4.33 Å². The van der Waals surface area contributed by atoms with Gasteiger partial charge in [0.2, 0.25) is 0 Å². The molecular weight excluding hydrogens is 374 g/mol. The molecule has 7 N–H and O–H groups in total. The van der Waals surface area contributed by atoms with Crippen LogP contribution in [0.15, 0.2) is 46.2 Å². The lowest BCUT2D eigenvalue weighted by molar-refractivity contribution is -0.432. The summed E-state index contributed by atoms with van der Waals surface area (Å²) in [6.45, 7) is 0. The number of nitrogens with one attached hydrogen (secondary N) is 1. The number of carbonyl (C=O) groups excluding carboxylic acids is 1. The molecule has 0 bridgehead atoms. The summed E-state index contributed by atoms with van der Waals surface area (Å²) < 4.78 is 36.2. The summed E-state index contributed by atoms with van der Waals surface area (Å²) in [6.07, 6.45) is 0. The maximum absolute atomic E-state index is 12.3. The zero-order valence-electron chi connectivity index (χ0n) is 12.4. The predicted molar refractivity (Wildman–Crippen MR) is 90.1 cm³/mol. The van der Waals surface area contributed by atoms with Gasteiger partial charge >= 0.3 is 0 Å². The van der Waals surface area contributed by atoms with Crippen LogP contribution < -0.4 is 16.8 Å². The Morgan fingerprint density at radius 2 is 1.92 bits per heavy atom. The molecule has 0 atom stereocenters. The highest BCUT2D eigenvalue weighted by atomic mass is 32.2. The van der Waals surface area contributed by atoms with Crippen molar-refractivity contribution in [2.24, 2.45) is 0 Å². The van der Waals surface area contributed by atoms with Gasteiger partial charge in [-0.2, -0.15) is 8.42 Å². The van der Waals surface area contributed by atoms with Crippen LogP contribution in [0.1, 0.15) is 10.4 Å². The largest absolute Gasteiger partial charge is 0.399 e. The number of hydrogen-bond donors (Lipinski definition) is 5. The number of rotatable bonds is 6. The molecule has 0 aliphatic heterocycles. The molecule has 25 heavy (non-hydrogen) atoms. The summed E-state index contributed by atoms with van der Waals surface area (Å²) in [6, 6.07) is 8.11. The molecule has 0 saturated carbocycles. The SMILES string of the molecule is Nc1cccc(C(=O)Nc2cc(S(=O)(=O)O)c(N)cc2SOOO)c1. The van der Waals surface area contributed by atoms with Crippen molar-refractivity contribution in [1.29, 1.82) is 0 Å². The van der Waals surface area contributed by atoms with Crippen LogP contribution in [0.25, 0.3) is 0 Å². The molecule has 0 unspecified atom stereocenters. The molecule has 0 fully saturated rings. The van der Waals surface area contributed by atoms with Crippen molar-refractivity contribution in [1.82, 2.24) is 0 Å². The molecule has 134 valence electrons. The Balaban J connectivity index is 2.44. The van der Waals surface area contributed by atoms with Gasteiger partial charge in [-0.3, -0.25) is 9.35 Å². The van der Waals surface area contributed by atoms with Crippen LogP contribution in [0.4, 0.5) is 17.1 Å². The van der Waals surface area contributed by atoms with E-state index in [1.165, 1.54) is 12.1 Å². The molecule has 0 aliphatic rings. The Morgan fingerprint density at radius 1 is 1.20 bits per heavy atom. The van der Waals surface area contributed by atoms with E-state index in [9.17, 15) is 17.8 Å². The van der Waals surface area contributed by atoms with Gasteiger partial charge in [0.05, 0.1) is 28.3 Å². The monoisotopic (exact) mass is 387 g/mol. The van der Waals surface area contributed by atoms with Crippen molar-refractivity contribution in [2.75, 3.05) is 16.8 Å². The zero-order valence-corrected chi connectivity index (χ0v) is 14.0. The Bertz CT molecular complexity index is 902. The quantitative estimate of drug-likeness (QED) is 0.161. The highest BCUT2D eigenvalue weighted by Gasteiger charge is 2.20. The summed E-state index contributed by atoms with van der Waals surface area (Å²) in [4.78, 5) is 11.8.